The van der Waals surface area contributed by atoms with Crippen molar-refractivity contribution in [3.63, 3.8) is 0 Å². The van der Waals surface area contributed by atoms with Crippen LogP contribution >= 0.6 is 0 Å². The van der Waals surface area contributed by atoms with Gasteiger partial charge in [-0.2, -0.15) is 0 Å². The third-order valence-electron chi connectivity index (χ3n) is 4.96. The second-order valence-corrected chi connectivity index (χ2v) is 7.25. The highest BCUT2D eigenvalue weighted by atomic mass is 19.1. The number of nitrogens with one attached hydrogen (secondary N) is 2. The van der Waals surface area contributed by atoms with Crippen LogP contribution in [0.3, 0.4) is 0 Å². The van der Waals surface area contributed by atoms with E-state index in [1.54, 1.807) is 25.1 Å². The molecule has 2 aromatic rings. The van der Waals surface area contributed by atoms with E-state index >= 15 is 0 Å². The molecule has 2 aromatic carbocycles. The summed E-state index contributed by atoms with van der Waals surface area (Å²) in [6, 6.07) is 8.12. The monoisotopic (exact) mass is 402 g/mol. The van der Waals surface area contributed by atoms with Crippen LogP contribution in [0.5, 0.6) is 5.75 Å². The van der Waals surface area contributed by atoms with Crippen LogP contribution in [0.2, 0.25) is 0 Å². The maximum Gasteiger partial charge on any atom is 0.262 e. The summed E-state index contributed by atoms with van der Waals surface area (Å²) in [5, 5.41) is 5.73. The van der Waals surface area contributed by atoms with Gasteiger partial charge in [-0.1, -0.05) is 19.3 Å². The van der Waals surface area contributed by atoms with Gasteiger partial charge in [0, 0.05) is 23.4 Å². The molecule has 0 atom stereocenters. The van der Waals surface area contributed by atoms with Crippen LogP contribution in [-0.4, -0.2) is 24.5 Å². The summed E-state index contributed by atoms with van der Waals surface area (Å²) in [4.78, 5) is 24.5. The molecule has 2 amide bonds. The van der Waals surface area contributed by atoms with Crippen molar-refractivity contribution in [3.05, 3.63) is 59.2 Å². The molecule has 0 unspecified atom stereocenters. The lowest BCUT2D eigenvalue weighted by Gasteiger charge is -2.23. The van der Waals surface area contributed by atoms with Gasteiger partial charge in [-0.05, 0) is 55.7 Å². The largest absolute Gasteiger partial charge is 0.481 e. The molecule has 1 aliphatic rings. The molecule has 7 heteroatoms. The molecular formula is C22H24F2N2O3. The summed E-state index contributed by atoms with van der Waals surface area (Å²) in [7, 11) is 0. The molecule has 1 fully saturated rings. The molecule has 0 bridgehead atoms. The van der Waals surface area contributed by atoms with Gasteiger partial charge in [0.25, 0.3) is 11.8 Å². The van der Waals surface area contributed by atoms with Gasteiger partial charge < -0.3 is 15.4 Å². The molecule has 1 aliphatic carbocycles. The van der Waals surface area contributed by atoms with Crippen LogP contribution in [0.1, 0.15) is 48.0 Å². The number of carbonyl (C=O) groups excluding carboxylic acids is 2. The number of amides is 2. The Labute approximate surface area is 168 Å². The van der Waals surface area contributed by atoms with Crippen LogP contribution in [0.15, 0.2) is 36.4 Å². The summed E-state index contributed by atoms with van der Waals surface area (Å²) < 4.78 is 31.5. The Morgan fingerprint density at radius 2 is 1.83 bits per heavy atom. The van der Waals surface area contributed by atoms with Gasteiger partial charge in [-0.3, -0.25) is 9.59 Å². The topological polar surface area (TPSA) is 67.4 Å². The number of hydrogen-bond acceptors (Lipinski definition) is 3. The average molecular weight is 402 g/mol. The van der Waals surface area contributed by atoms with Crippen molar-refractivity contribution in [3.8, 4) is 5.75 Å². The SMILES string of the molecule is Cc1cc(C(=O)NC2CCCCC2)ccc1NC(=O)COc1ccc(F)cc1F. The van der Waals surface area contributed by atoms with E-state index in [-0.39, 0.29) is 17.7 Å². The normalized spacial score (nSPS) is 14.3. The van der Waals surface area contributed by atoms with Crippen molar-refractivity contribution < 1.29 is 23.1 Å². The molecule has 0 heterocycles. The highest BCUT2D eigenvalue weighted by Gasteiger charge is 2.17. The van der Waals surface area contributed by atoms with Crippen molar-refractivity contribution in [2.45, 2.75) is 45.1 Å². The minimum Gasteiger partial charge on any atom is -0.481 e. The van der Waals surface area contributed by atoms with E-state index < -0.39 is 24.1 Å². The number of rotatable bonds is 6. The lowest BCUT2D eigenvalue weighted by atomic mass is 9.95. The first-order valence-electron chi connectivity index (χ1n) is 9.71. The van der Waals surface area contributed by atoms with Gasteiger partial charge in [0.1, 0.15) is 5.82 Å². The van der Waals surface area contributed by atoms with E-state index in [0.29, 0.717) is 17.3 Å². The van der Waals surface area contributed by atoms with Gasteiger partial charge in [-0.15, -0.1) is 0 Å². The average Bonchev–Trinajstić information content (AvgIpc) is 2.69. The Morgan fingerprint density at radius 1 is 1.07 bits per heavy atom. The van der Waals surface area contributed by atoms with E-state index in [4.69, 9.17) is 4.74 Å². The molecule has 3 rings (SSSR count). The summed E-state index contributed by atoms with van der Waals surface area (Å²) in [6.45, 7) is 1.36. The molecule has 0 saturated heterocycles. The van der Waals surface area contributed by atoms with E-state index in [9.17, 15) is 18.4 Å². The first-order valence-corrected chi connectivity index (χ1v) is 9.71. The lowest BCUT2D eigenvalue weighted by Crippen LogP contribution is -2.36. The van der Waals surface area contributed by atoms with Crippen LogP contribution in [-0.2, 0) is 4.79 Å². The molecule has 29 heavy (non-hydrogen) atoms. The summed E-state index contributed by atoms with van der Waals surface area (Å²) in [5.74, 6) is -2.40. The molecule has 0 spiro atoms. The molecule has 0 aromatic heterocycles. The number of carbonyl (C=O) groups is 2. The lowest BCUT2D eigenvalue weighted by molar-refractivity contribution is -0.118. The van der Waals surface area contributed by atoms with Gasteiger partial charge in [-0.25, -0.2) is 8.78 Å². The number of anilines is 1. The Balaban J connectivity index is 1.55. The molecule has 5 nitrogen and oxygen atoms in total. The predicted octanol–water partition coefficient (Wildman–Crippen LogP) is 4.35. The van der Waals surface area contributed by atoms with E-state index in [1.807, 2.05) is 0 Å². The number of benzene rings is 2. The fraction of sp³-hybridized carbons (Fsp3) is 0.364. The highest BCUT2D eigenvalue weighted by molar-refractivity contribution is 5.97. The van der Waals surface area contributed by atoms with E-state index in [1.165, 1.54) is 6.42 Å². The maximum absolute atomic E-state index is 13.5. The van der Waals surface area contributed by atoms with Crippen LogP contribution in [0.4, 0.5) is 14.5 Å². The fourth-order valence-corrected chi connectivity index (χ4v) is 3.38. The predicted molar refractivity (Wildman–Crippen MR) is 106 cm³/mol. The summed E-state index contributed by atoms with van der Waals surface area (Å²) >= 11 is 0. The minimum absolute atomic E-state index is 0.118. The molecule has 0 aliphatic heterocycles. The zero-order valence-corrected chi connectivity index (χ0v) is 16.3. The van der Waals surface area contributed by atoms with Crippen LogP contribution in [0.25, 0.3) is 0 Å². The maximum atomic E-state index is 13.5. The quantitative estimate of drug-likeness (QED) is 0.755. The Morgan fingerprint density at radius 3 is 2.52 bits per heavy atom. The van der Waals surface area contributed by atoms with Gasteiger partial charge in [0.05, 0.1) is 0 Å². The molecule has 154 valence electrons. The van der Waals surface area contributed by atoms with Crippen LogP contribution < -0.4 is 15.4 Å². The van der Waals surface area contributed by atoms with Gasteiger partial charge in [0.2, 0.25) is 0 Å². The second kappa shape index (κ2) is 9.49. The van der Waals surface area contributed by atoms with Gasteiger partial charge in [0.15, 0.2) is 18.2 Å². The number of hydrogen-bond donors (Lipinski definition) is 2. The molecular weight excluding hydrogens is 378 g/mol. The summed E-state index contributed by atoms with van der Waals surface area (Å²) in [5.41, 5.74) is 1.80. The van der Waals surface area contributed by atoms with E-state index in [2.05, 4.69) is 10.6 Å². The molecule has 1 saturated carbocycles. The van der Waals surface area contributed by atoms with Crippen molar-refractivity contribution in [2.75, 3.05) is 11.9 Å². The zero-order valence-electron chi connectivity index (χ0n) is 16.3. The minimum atomic E-state index is -0.873. The highest BCUT2D eigenvalue weighted by Crippen LogP contribution is 2.21. The van der Waals surface area contributed by atoms with Crippen molar-refractivity contribution >= 4 is 17.5 Å². The number of halogens is 2. The summed E-state index contributed by atoms with van der Waals surface area (Å²) in [6.07, 6.45) is 5.51. The zero-order chi connectivity index (χ0) is 20.8. The first kappa shape index (κ1) is 20.8. The van der Waals surface area contributed by atoms with Crippen molar-refractivity contribution in [1.82, 2.24) is 5.32 Å². The Kier molecular flexibility index (Phi) is 6.80. The molecule has 2 N–H and O–H groups in total. The standard InChI is InChI=1S/C22H24F2N2O3/c1-14-11-15(22(28)25-17-5-3-2-4-6-17)7-9-19(14)26-21(27)13-29-20-10-8-16(23)12-18(20)24/h7-12,17H,2-6,13H2,1H3,(H,25,28)(H,26,27). The molecule has 0 radical (unpaired) electrons. The van der Waals surface area contributed by atoms with Crippen LogP contribution in [0, 0.1) is 18.6 Å². The van der Waals surface area contributed by atoms with Crippen molar-refractivity contribution in [2.24, 2.45) is 0 Å². The first-order chi connectivity index (χ1) is 13.9. The van der Waals surface area contributed by atoms with Gasteiger partial charge >= 0.3 is 0 Å². The number of ether oxygens (including phenoxy) is 1. The van der Waals surface area contributed by atoms with Crippen molar-refractivity contribution in [1.29, 1.82) is 0 Å². The number of aryl methyl sites for hydroxylation is 1. The third kappa shape index (κ3) is 5.76. The fourth-order valence-electron chi connectivity index (χ4n) is 3.38. The second-order valence-electron chi connectivity index (χ2n) is 7.25. The third-order valence-corrected chi connectivity index (χ3v) is 4.96. The van der Waals surface area contributed by atoms with E-state index in [0.717, 1.165) is 43.4 Å². The smallest absolute Gasteiger partial charge is 0.262 e. The Hall–Kier alpha value is -2.96. The Bertz CT molecular complexity index is 896.